The normalized spacial score (nSPS) is 44.5. The molecule has 6 heteroatoms. The van der Waals surface area contributed by atoms with Crippen molar-refractivity contribution < 1.29 is 19.1 Å². The van der Waals surface area contributed by atoms with Crippen molar-refractivity contribution in [2.45, 2.75) is 102 Å². The van der Waals surface area contributed by atoms with Gasteiger partial charge in [0.2, 0.25) is 0 Å². The molecule has 0 unspecified atom stereocenters. The van der Waals surface area contributed by atoms with Gasteiger partial charge in [-0.1, -0.05) is 13.8 Å². The fraction of sp³-hybridized carbons (Fsp3) is 0.800. The first-order valence-corrected chi connectivity index (χ1v) is 14.5. The van der Waals surface area contributed by atoms with Crippen molar-refractivity contribution in [3.8, 4) is 0 Å². The van der Waals surface area contributed by atoms with Gasteiger partial charge < -0.3 is 14.3 Å². The van der Waals surface area contributed by atoms with E-state index in [0.717, 1.165) is 76.4 Å². The van der Waals surface area contributed by atoms with Gasteiger partial charge in [-0.15, -0.1) is 0 Å². The first-order chi connectivity index (χ1) is 17.2. The Morgan fingerprint density at radius 1 is 1.06 bits per heavy atom. The van der Waals surface area contributed by atoms with Crippen molar-refractivity contribution >= 4 is 5.97 Å². The molecule has 2 heterocycles. The fourth-order valence-corrected chi connectivity index (χ4v) is 9.74. The highest BCUT2D eigenvalue weighted by molar-refractivity contribution is 5.71. The maximum Gasteiger partial charge on any atom is 0.335 e. The summed E-state index contributed by atoms with van der Waals surface area (Å²) in [5, 5.41) is 12.4. The van der Waals surface area contributed by atoms with Crippen LogP contribution in [0.3, 0.4) is 0 Å². The molecule has 0 radical (unpaired) electrons. The molecule has 6 nitrogen and oxygen atoms in total. The molecule has 4 aliphatic carbocycles. The molecule has 1 aromatic heterocycles. The van der Waals surface area contributed by atoms with Crippen LogP contribution in [0.1, 0.15) is 96.0 Å². The van der Waals surface area contributed by atoms with Gasteiger partial charge in [-0.3, -0.25) is 9.69 Å². The second kappa shape index (κ2) is 8.97. The Hall–Kier alpha value is -1.66. The van der Waals surface area contributed by atoms with Gasteiger partial charge in [0, 0.05) is 11.5 Å². The van der Waals surface area contributed by atoms with E-state index in [2.05, 4.69) is 18.7 Å². The molecule has 0 amide bonds. The number of ether oxygens (including phenoxy) is 1. The molecule has 0 bridgehead atoms. The lowest BCUT2D eigenvalue weighted by Crippen LogP contribution is -2.62. The lowest BCUT2D eigenvalue weighted by atomic mass is 9.43. The van der Waals surface area contributed by atoms with Crippen molar-refractivity contribution in [1.29, 1.82) is 0 Å². The van der Waals surface area contributed by atoms with E-state index >= 15 is 0 Å². The second-order valence-electron chi connectivity index (χ2n) is 13.2. The molecular weight excluding hydrogens is 454 g/mol. The summed E-state index contributed by atoms with van der Waals surface area (Å²) in [4.78, 5) is 26.3. The molecule has 4 saturated carbocycles. The highest BCUT2D eigenvalue weighted by Gasteiger charge is 2.67. The summed E-state index contributed by atoms with van der Waals surface area (Å²) in [5.74, 6) is 1.57. The van der Waals surface area contributed by atoms with E-state index in [1.807, 2.05) is 6.07 Å². The van der Waals surface area contributed by atoms with Gasteiger partial charge in [0.1, 0.15) is 6.10 Å². The van der Waals surface area contributed by atoms with Crippen LogP contribution in [0.5, 0.6) is 0 Å². The molecule has 198 valence electrons. The Morgan fingerprint density at radius 3 is 2.61 bits per heavy atom. The molecule has 0 aromatic carbocycles. The summed E-state index contributed by atoms with van der Waals surface area (Å²) >= 11 is 0. The fourth-order valence-electron chi connectivity index (χ4n) is 9.74. The second-order valence-corrected chi connectivity index (χ2v) is 13.2. The number of rotatable bonds is 4. The molecule has 0 spiro atoms. The van der Waals surface area contributed by atoms with Crippen molar-refractivity contribution in [3.05, 3.63) is 34.4 Å². The van der Waals surface area contributed by atoms with E-state index in [1.54, 1.807) is 6.26 Å². The minimum Gasteiger partial charge on any atom is -0.461 e. The summed E-state index contributed by atoms with van der Waals surface area (Å²) in [6.45, 7) is 7.24. The minimum absolute atomic E-state index is 0.0457. The molecule has 1 saturated heterocycles. The number of fused-ring (bicyclic) bond motifs is 5. The van der Waals surface area contributed by atoms with Crippen molar-refractivity contribution in [2.75, 3.05) is 19.6 Å². The van der Waals surface area contributed by atoms with Crippen LogP contribution < -0.4 is 5.63 Å². The predicted octanol–water partition coefficient (Wildman–Crippen LogP) is 4.89. The van der Waals surface area contributed by atoms with Crippen molar-refractivity contribution in [1.82, 2.24) is 4.90 Å². The Bertz CT molecular complexity index is 1030. The average molecular weight is 498 g/mol. The third-order valence-corrected chi connectivity index (χ3v) is 11.8. The Kier molecular flexibility index (Phi) is 6.15. The molecule has 1 aliphatic heterocycles. The van der Waals surface area contributed by atoms with Gasteiger partial charge >= 0.3 is 11.6 Å². The molecule has 5 aliphatic rings. The number of nitrogens with zero attached hydrogens (tertiary/aromatic N) is 1. The van der Waals surface area contributed by atoms with E-state index in [0.29, 0.717) is 24.3 Å². The molecule has 1 N–H and O–H groups in total. The van der Waals surface area contributed by atoms with Crippen molar-refractivity contribution in [2.24, 2.45) is 28.6 Å². The first-order valence-electron chi connectivity index (χ1n) is 14.5. The summed E-state index contributed by atoms with van der Waals surface area (Å²) in [5.41, 5.74) is 0.0748. The topological polar surface area (TPSA) is 80.0 Å². The van der Waals surface area contributed by atoms with E-state index < -0.39 is 5.60 Å². The summed E-state index contributed by atoms with van der Waals surface area (Å²) in [6, 6.07) is 3.43. The number of aliphatic hydroxyl groups is 1. The van der Waals surface area contributed by atoms with E-state index in [1.165, 1.54) is 18.9 Å². The highest BCUT2D eigenvalue weighted by atomic mass is 16.5. The molecule has 5 fully saturated rings. The summed E-state index contributed by atoms with van der Waals surface area (Å²) in [7, 11) is 0. The Balaban J connectivity index is 1.16. The van der Waals surface area contributed by atoms with Crippen LogP contribution in [0.15, 0.2) is 27.6 Å². The van der Waals surface area contributed by atoms with Crippen LogP contribution >= 0.6 is 0 Å². The summed E-state index contributed by atoms with van der Waals surface area (Å²) in [6.07, 6.45) is 13.1. The highest BCUT2D eigenvalue weighted by Crippen LogP contribution is 2.70. The molecule has 8 atom stereocenters. The average Bonchev–Trinajstić information content (AvgIpc) is 3.45. The molecular formula is C30H43NO5. The van der Waals surface area contributed by atoms with E-state index in [-0.39, 0.29) is 34.4 Å². The number of carbonyl (C=O) groups is 1. The van der Waals surface area contributed by atoms with Crippen LogP contribution in [0, 0.1) is 28.6 Å². The predicted molar refractivity (Wildman–Crippen MR) is 136 cm³/mol. The molecule has 36 heavy (non-hydrogen) atoms. The van der Waals surface area contributed by atoms with Crippen LogP contribution in [0.2, 0.25) is 0 Å². The number of hydrogen-bond donors (Lipinski definition) is 1. The van der Waals surface area contributed by atoms with Gasteiger partial charge in [0.05, 0.1) is 18.4 Å². The van der Waals surface area contributed by atoms with Gasteiger partial charge in [0.15, 0.2) is 0 Å². The van der Waals surface area contributed by atoms with Crippen LogP contribution in [0.4, 0.5) is 0 Å². The lowest BCUT2D eigenvalue weighted by molar-refractivity contribution is -0.207. The third kappa shape index (κ3) is 3.81. The first kappa shape index (κ1) is 24.7. The zero-order chi connectivity index (χ0) is 25.1. The maximum absolute atomic E-state index is 12.6. The van der Waals surface area contributed by atoms with Gasteiger partial charge in [-0.2, -0.15) is 0 Å². The molecule has 1 aromatic rings. The molecule has 6 rings (SSSR count). The van der Waals surface area contributed by atoms with Gasteiger partial charge in [0.25, 0.3) is 0 Å². The maximum atomic E-state index is 12.6. The zero-order valence-electron chi connectivity index (χ0n) is 22.0. The van der Waals surface area contributed by atoms with E-state index in [4.69, 9.17) is 9.15 Å². The lowest BCUT2D eigenvalue weighted by Gasteiger charge is -2.63. The zero-order valence-corrected chi connectivity index (χ0v) is 22.0. The van der Waals surface area contributed by atoms with Crippen LogP contribution in [-0.2, 0) is 9.53 Å². The SMILES string of the molecule is C[C@]12CC[C@H](OC(=O)CN3CCCC3)C[C@H]1CC[C@@H]1[C@@H]2CC[C@]2(C)[C@@H](c3ccc(=O)oc3)CC[C@]12O. The summed E-state index contributed by atoms with van der Waals surface area (Å²) < 4.78 is 11.2. The smallest absolute Gasteiger partial charge is 0.335 e. The standard InChI is InChI=1S/C30H43NO5/c1-28-12-9-22(36-27(33)18-31-15-3-4-16-31)17-21(28)6-7-25-24(28)10-13-29(2)23(11-14-30(25,29)34)20-5-8-26(32)35-19-20/h5,8,19,21-25,34H,3-4,6-7,9-18H2,1-2H3/t21-,22+,23-,24+,25-,28+,29-,30+/m1/s1. The van der Waals surface area contributed by atoms with Crippen molar-refractivity contribution in [3.63, 3.8) is 0 Å². The number of likely N-dealkylation sites (tertiary alicyclic amines) is 1. The van der Waals surface area contributed by atoms with Crippen LogP contribution in [0.25, 0.3) is 0 Å². The van der Waals surface area contributed by atoms with Crippen LogP contribution in [-0.4, -0.2) is 47.3 Å². The van der Waals surface area contributed by atoms with Gasteiger partial charge in [-0.05, 0) is 124 Å². The minimum atomic E-state index is -0.677. The Labute approximate surface area is 214 Å². The quantitative estimate of drug-likeness (QED) is 0.597. The largest absolute Gasteiger partial charge is 0.461 e. The number of carbonyl (C=O) groups excluding carboxylic acids is 1. The number of hydrogen-bond acceptors (Lipinski definition) is 6. The van der Waals surface area contributed by atoms with Gasteiger partial charge in [-0.25, -0.2) is 4.79 Å². The Morgan fingerprint density at radius 2 is 1.86 bits per heavy atom. The number of esters is 1. The monoisotopic (exact) mass is 497 g/mol. The third-order valence-electron chi connectivity index (χ3n) is 11.8. The van der Waals surface area contributed by atoms with E-state index in [9.17, 15) is 14.7 Å².